The van der Waals surface area contributed by atoms with Gasteiger partial charge in [-0.2, -0.15) is 0 Å². The molecule has 0 aliphatic rings. The van der Waals surface area contributed by atoms with Crippen LogP contribution in [-0.4, -0.2) is 0 Å². The van der Waals surface area contributed by atoms with E-state index in [2.05, 4.69) is 170 Å². The molecule has 0 saturated carbocycles. The minimum atomic E-state index is 0.918. The van der Waals surface area contributed by atoms with Gasteiger partial charge in [0.25, 0.3) is 0 Å². The van der Waals surface area contributed by atoms with E-state index in [4.69, 9.17) is 4.42 Å². The van der Waals surface area contributed by atoms with Gasteiger partial charge < -0.3 is 4.42 Å². The van der Waals surface area contributed by atoms with Gasteiger partial charge in [-0.25, -0.2) is 0 Å². The molecule has 10 aromatic rings. The van der Waals surface area contributed by atoms with Crippen molar-refractivity contribution in [2.45, 2.75) is 0 Å². The Morgan fingerprint density at radius 3 is 1.40 bits per heavy atom. The van der Waals surface area contributed by atoms with Crippen molar-refractivity contribution in [2.75, 3.05) is 0 Å². The van der Waals surface area contributed by atoms with Crippen LogP contribution in [0.3, 0.4) is 0 Å². The minimum Gasteiger partial charge on any atom is -0.455 e. The van der Waals surface area contributed by atoms with E-state index in [9.17, 15) is 0 Å². The highest BCUT2D eigenvalue weighted by Crippen LogP contribution is 2.41. The van der Waals surface area contributed by atoms with Gasteiger partial charge in [0.2, 0.25) is 0 Å². The van der Waals surface area contributed by atoms with Crippen molar-refractivity contribution >= 4 is 53.4 Å². The highest BCUT2D eigenvalue weighted by molar-refractivity contribution is 7.26. The largest absolute Gasteiger partial charge is 0.455 e. The Morgan fingerprint density at radius 2 is 0.760 bits per heavy atom. The van der Waals surface area contributed by atoms with Gasteiger partial charge in [-0.15, -0.1) is 11.3 Å². The van der Waals surface area contributed by atoms with Crippen LogP contribution in [0.1, 0.15) is 0 Å². The fourth-order valence-electron chi connectivity index (χ4n) is 7.44. The summed E-state index contributed by atoms with van der Waals surface area (Å²) in [7, 11) is 0. The molecular formula is C48H30OS. The average molecular weight is 655 g/mol. The van der Waals surface area contributed by atoms with Gasteiger partial charge in [-0.1, -0.05) is 146 Å². The average Bonchev–Trinajstić information content (AvgIpc) is 3.77. The van der Waals surface area contributed by atoms with E-state index in [0.29, 0.717) is 0 Å². The first-order chi connectivity index (χ1) is 24.8. The summed E-state index contributed by atoms with van der Waals surface area (Å²) in [6.45, 7) is 0. The quantitative estimate of drug-likeness (QED) is 0.180. The van der Waals surface area contributed by atoms with Gasteiger partial charge >= 0.3 is 0 Å². The predicted octanol–water partition coefficient (Wildman–Crippen LogP) is 14.3. The van der Waals surface area contributed by atoms with Crippen LogP contribution >= 0.6 is 11.3 Å². The highest BCUT2D eigenvalue weighted by Gasteiger charge is 2.14. The van der Waals surface area contributed by atoms with Gasteiger partial charge in [0, 0.05) is 36.5 Å². The minimum absolute atomic E-state index is 0.918. The van der Waals surface area contributed by atoms with E-state index in [1.54, 1.807) is 0 Å². The molecule has 0 fully saturated rings. The van der Waals surface area contributed by atoms with Crippen LogP contribution in [0.5, 0.6) is 0 Å². The summed E-state index contributed by atoms with van der Waals surface area (Å²) in [6.07, 6.45) is 0. The zero-order valence-corrected chi connectivity index (χ0v) is 28.0. The number of para-hydroxylation sites is 2. The second-order valence-electron chi connectivity index (χ2n) is 12.9. The fourth-order valence-corrected chi connectivity index (χ4v) is 8.68. The Labute approximate surface area is 294 Å². The predicted molar refractivity (Wildman–Crippen MR) is 214 cm³/mol. The molecule has 0 atom stereocenters. The van der Waals surface area contributed by atoms with E-state index < -0.39 is 0 Å². The Balaban J connectivity index is 0.996. The molecule has 0 unspecified atom stereocenters. The molecule has 2 heteroatoms. The maximum absolute atomic E-state index is 6.37. The summed E-state index contributed by atoms with van der Waals surface area (Å²) >= 11 is 1.88. The Bertz CT molecular complexity index is 2690. The van der Waals surface area contributed by atoms with E-state index in [0.717, 1.165) is 33.1 Å². The standard InChI is InChI=1S/C48H30OS/c1-3-25-45-41(19-1)43-23-9-21-39(47(43)49-45)37-17-7-15-35(29-37)33-13-5-11-31(27-33)32-12-6-14-34(28-32)36-16-8-18-38(30-36)40-22-10-24-44-42-20-2-4-26-46(42)50-48(40)44/h1-30H. The molecule has 0 bridgehead atoms. The molecule has 8 aromatic carbocycles. The lowest BCUT2D eigenvalue weighted by Crippen LogP contribution is -1.85. The Hall–Kier alpha value is -6.22. The van der Waals surface area contributed by atoms with Crippen molar-refractivity contribution in [2.24, 2.45) is 0 Å². The molecule has 50 heavy (non-hydrogen) atoms. The van der Waals surface area contributed by atoms with Gasteiger partial charge in [-0.05, 0) is 86.5 Å². The molecule has 0 N–H and O–H groups in total. The molecule has 0 aliphatic heterocycles. The molecule has 1 nitrogen and oxygen atoms in total. The summed E-state index contributed by atoms with van der Waals surface area (Å²) in [5, 5.41) is 4.95. The van der Waals surface area contributed by atoms with Gasteiger partial charge in [0.05, 0.1) is 0 Å². The lowest BCUT2D eigenvalue weighted by Gasteiger charge is -2.11. The number of thiophene rings is 1. The SMILES string of the molecule is c1cc(-c2cccc(-c3cccc(-c4cccc5c4sc4ccccc45)c3)c2)cc(-c2cccc(-c3cccc4c3oc3ccccc34)c2)c1. The molecule has 0 saturated heterocycles. The van der Waals surface area contributed by atoms with E-state index in [1.807, 2.05) is 23.5 Å². The van der Waals surface area contributed by atoms with Crippen molar-refractivity contribution < 1.29 is 4.42 Å². The van der Waals surface area contributed by atoms with Crippen molar-refractivity contribution in [1.29, 1.82) is 0 Å². The number of hydrogen-bond acceptors (Lipinski definition) is 2. The monoisotopic (exact) mass is 654 g/mol. The third-order valence-corrected chi connectivity index (χ3v) is 11.1. The van der Waals surface area contributed by atoms with Crippen molar-refractivity contribution in [1.82, 2.24) is 0 Å². The topological polar surface area (TPSA) is 13.1 Å². The molecule has 0 aliphatic carbocycles. The number of hydrogen-bond donors (Lipinski definition) is 0. The first-order valence-corrected chi connectivity index (χ1v) is 17.8. The van der Waals surface area contributed by atoms with Crippen LogP contribution in [0.15, 0.2) is 186 Å². The smallest absolute Gasteiger partial charge is 0.143 e. The summed E-state index contributed by atoms with van der Waals surface area (Å²) in [6, 6.07) is 65.7. The second kappa shape index (κ2) is 11.7. The van der Waals surface area contributed by atoms with Gasteiger partial charge in [0.1, 0.15) is 11.2 Å². The van der Waals surface area contributed by atoms with Crippen LogP contribution in [0.4, 0.5) is 0 Å². The first-order valence-electron chi connectivity index (χ1n) is 17.0. The van der Waals surface area contributed by atoms with Crippen LogP contribution < -0.4 is 0 Å². The molecular weight excluding hydrogens is 625 g/mol. The lowest BCUT2D eigenvalue weighted by atomic mass is 9.93. The first kappa shape index (κ1) is 28.8. The number of fused-ring (bicyclic) bond motifs is 6. The summed E-state index contributed by atoms with van der Waals surface area (Å²) in [5.41, 5.74) is 13.8. The van der Waals surface area contributed by atoms with Crippen LogP contribution in [0, 0.1) is 0 Å². The van der Waals surface area contributed by atoms with Crippen LogP contribution in [-0.2, 0) is 0 Å². The van der Waals surface area contributed by atoms with E-state index >= 15 is 0 Å². The zero-order valence-electron chi connectivity index (χ0n) is 27.1. The third-order valence-electron chi connectivity index (χ3n) is 9.88. The van der Waals surface area contributed by atoms with E-state index in [1.165, 1.54) is 64.7 Å². The normalized spacial score (nSPS) is 11.6. The summed E-state index contributed by atoms with van der Waals surface area (Å²) in [5.74, 6) is 0. The highest BCUT2D eigenvalue weighted by atomic mass is 32.1. The van der Waals surface area contributed by atoms with Crippen LogP contribution in [0.25, 0.3) is 97.7 Å². The number of furan rings is 1. The van der Waals surface area contributed by atoms with Crippen molar-refractivity contribution in [3.63, 3.8) is 0 Å². The summed E-state index contributed by atoms with van der Waals surface area (Å²) < 4.78 is 9.04. The Kier molecular flexibility index (Phi) is 6.75. The third kappa shape index (κ3) is 4.84. The maximum Gasteiger partial charge on any atom is 0.143 e. The van der Waals surface area contributed by atoms with E-state index in [-0.39, 0.29) is 0 Å². The molecule has 2 heterocycles. The Morgan fingerprint density at radius 1 is 0.320 bits per heavy atom. The van der Waals surface area contributed by atoms with Gasteiger partial charge in [-0.3, -0.25) is 0 Å². The second-order valence-corrected chi connectivity index (χ2v) is 13.9. The van der Waals surface area contributed by atoms with Crippen LogP contribution in [0.2, 0.25) is 0 Å². The maximum atomic E-state index is 6.37. The summed E-state index contributed by atoms with van der Waals surface area (Å²) in [4.78, 5) is 0. The molecule has 0 spiro atoms. The number of benzene rings is 8. The molecule has 234 valence electrons. The molecule has 0 amide bonds. The van der Waals surface area contributed by atoms with Crippen molar-refractivity contribution in [3.05, 3.63) is 182 Å². The number of rotatable bonds is 5. The molecule has 0 radical (unpaired) electrons. The molecule has 2 aromatic heterocycles. The van der Waals surface area contributed by atoms with Gasteiger partial charge in [0.15, 0.2) is 0 Å². The fraction of sp³-hybridized carbons (Fsp3) is 0. The zero-order chi connectivity index (χ0) is 33.0. The van der Waals surface area contributed by atoms with Crippen molar-refractivity contribution in [3.8, 4) is 55.6 Å². The molecule has 10 rings (SSSR count). The lowest BCUT2D eigenvalue weighted by molar-refractivity contribution is 0.670.